The maximum atomic E-state index is 10.9. The van der Waals surface area contributed by atoms with Gasteiger partial charge in [-0.25, -0.2) is 4.79 Å². The van der Waals surface area contributed by atoms with Crippen LogP contribution in [-0.4, -0.2) is 16.1 Å². The number of carboxylic acids is 1. The molecule has 0 radical (unpaired) electrons. The SMILES string of the molecule is CC(C)Cc1cc2cc(C(=O)O)cc(Cl)c2[nH]1. The van der Waals surface area contributed by atoms with Gasteiger partial charge in [-0.1, -0.05) is 25.4 Å². The van der Waals surface area contributed by atoms with Crippen LogP contribution in [0.1, 0.15) is 29.9 Å². The van der Waals surface area contributed by atoms with E-state index >= 15 is 0 Å². The first kappa shape index (κ1) is 12.0. The molecule has 0 spiro atoms. The van der Waals surface area contributed by atoms with Gasteiger partial charge in [-0.15, -0.1) is 0 Å². The normalized spacial score (nSPS) is 11.3. The monoisotopic (exact) mass is 251 g/mol. The molecule has 0 saturated carbocycles. The van der Waals surface area contributed by atoms with E-state index in [1.165, 1.54) is 6.07 Å². The molecule has 0 aliphatic heterocycles. The maximum Gasteiger partial charge on any atom is 0.335 e. The van der Waals surface area contributed by atoms with Crippen LogP contribution in [0.3, 0.4) is 0 Å². The minimum atomic E-state index is -0.958. The number of nitrogens with one attached hydrogen (secondary N) is 1. The van der Waals surface area contributed by atoms with Gasteiger partial charge < -0.3 is 10.1 Å². The quantitative estimate of drug-likeness (QED) is 0.874. The van der Waals surface area contributed by atoms with Crippen LogP contribution in [-0.2, 0) is 6.42 Å². The Bertz CT molecular complexity index is 572. The van der Waals surface area contributed by atoms with Gasteiger partial charge in [0, 0.05) is 11.1 Å². The number of aromatic nitrogens is 1. The van der Waals surface area contributed by atoms with Crippen molar-refractivity contribution < 1.29 is 9.90 Å². The molecule has 1 heterocycles. The van der Waals surface area contributed by atoms with Crippen molar-refractivity contribution in [3.05, 3.63) is 34.5 Å². The van der Waals surface area contributed by atoms with Crippen molar-refractivity contribution in [1.29, 1.82) is 0 Å². The summed E-state index contributed by atoms with van der Waals surface area (Å²) in [6.07, 6.45) is 0.924. The predicted octanol–water partition coefficient (Wildman–Crippen LogP) is 3.72. The van der Waals surface area contributed by atoms with Crippen molar-refractivity contribution in [2.24, 2.45) is 5.92 Å². The molecule has 3 nitrogen and oxygen atoms in total. The highest BCUT2D eigenvalue weighted by Gasteiger charge is 2.11. The van der Waals surface area contributed by atoms with E-state index in [9.17, 15) is 4.79 Å². The average Bonchev–Trinajstić information content (AvgIpc) is 2.59. The van der Waals surface area contributed by atoms with Gasteiger partial charge in [0.25, 0.3) is 0 Å². The molecule has 1 aromatic carbocycles. The van der Waals surface area contributed by atoms with E-state index in [1.54, 1.807) is 6.07 Å². The largest absolute Gasteiger partial charge is 0.478 e. The Balaban J connectivity index is 2.52. The molecule has 2 aromatic rings. The average molecular weight is 252 g/mol. The summed E-state index contributed by atoms with van der Waals surface area (Å²) in [5.74, 6) is -0.416. The summed E-state index contributed by atoms with van der Waals surface area (Å²) in [5, 5.41) is 10.3. The van der Waals surface area contributed by atoms with Gasteiger partial charge in [0.15, 0.2) is 0 Å². The minimum absolute atomic E-state index is 0.220. The Kier molecular flexibility index (Phi) is 3.11. The lowest BCUT2D eigenvalue weighted by Gasteiger charge is -2.00. The molecule has 90 valence electrons. The zero-order valence-electron chi connectivity index (χ0n) is 9.75. The van der Waals surface area contributed by atoms with Gasteiger partial charge in [-0.3, -0.25) is 0 Å². The first-order valence-electron chi connectivity index (χ1n) is 5.52. The second-order valence-electron chi connectivity index (χ2n) is 4.62. The van der Waals surface area contributed by atoms with Crippen molar-refractivity contribution in [3.8, 4) is 0 Å². The third-order valence-corrected chi connectivity index (χ3v) is 2.91. The van der Waals surface area contributed by atoms with E-state index < -0.39 is 5.97 Å². The van der Waals surface area contributed by atoms with E-state index in [2.05, 4.69) is 18.8 Å². The molecular weight excluding hydrogens is 238 g/mol. The smallest absolute Gasteiger partial charge is 0.335 e. The summed E-state index contributed by atoms with van der Waals surface area (Å²) >= 11 is 6.06. The molecule has 4 heteroatoms. The zero-order chi connectivity index (χ0) is 12.6. The lowest BCUT2D eigenvalue weighted by molar-refractivity contribution is 0.0697. The second-order valence-corrected chi connectivity index (χ2v) is 5.03. The lowest BCUT2D eigenvalue weighted by atomic mass is 10.1. The van der Waals surface area contributed by atoms with Crippen molar-refractivity contribution in [1.82, 2.24) is 4.98 Å². The van der Waals surface area contributed by atoms with Crippen LogP contribution in [0.25, 0.3) is 10.9 Å². The van der Waals surface area contributed by atoms with Crippen LogP contribution in [0.2, 0.25) is 5.02 Å². The van der Waals surface area contributed by atoms with Gasteiger partial charge in [-0.2, -0.15) is 0 Å². The van der Waals surface area contributed by atoms with Gasteiger partial charge in [0.1, 0.15) is 0 Å². The summed E-state index contributed by atoms with van der Waals surface area (Å²) in [7, 11) is 0. The van der Waals surface area contributed by atoms with Crippen LogP contribution >= 0.6 is 11.6 Å². The van der Waals surface area contributed by atoms with Crippen molar-refractivity contribution in [2.75, 3.05) is 0 Å². The molecule has 2 N–H and O–H groups in total. The topological polar surface area (TPSA) is 53.1 Å². The molecule has 0 aliphatic rings. The van der Waals surface area contributed by atoms with Crippen molar-refractivity contribution >= 4 is 28.5 Å². The molecule has 0 aliphatic carbocycles. The second kappa shape index (κ2) is 4.41. The van der Waals surface area contributed by atoms with Gasteiger partial charge in [0.2, 0.25) is 0 Å². The molecule has 0 unspecified atom stereocenters. The van der Waals surface area contributed by atoms with Gasteiger partial charge in [-0.05, 0) is 30.5 Å². The molecule has 17 heavy (non-hydrogen) atoms. The standard InChI is InChI=1S/C13H14ClNO2/c1-7(2)3-10-5-8-4-9(13(16)17)6-11(14)12(8)15-10/h4-7,15H,3H2,1-2H3,(H,16,17). The van der Waals surface area contributed by atoms with E-state index in [1.807, 2.05) is 6.07 Å². The van der Waals surface area contributed by atoms with E-state index in [0.29, 0.717) is 10.9 Å². The summed E-state index contributed by atoms with van der Waals surface area (Å²) in [4.78, 5) is 14.1. The number of carboxylic acid groups (broad SMARTS) is 1. The third-order valence-electron chi connectivity index (χ3n) is 2.61. The molecule has 0 atom stereocenters. The molecule has 2 rings (SSSR count). The van der Waals surface area contributed by atoms with Crippen LogP contribution in [0.15, 0.2) is 18.2 Å². The lowest BCUT2D eigenvalue weighted by Crippen LogP contribution is -1.95. The highest BCUT2D eigenvalue weighted by Crippen LogP contribution is 2.26. The fraction of sp³-hybridized carbons (Fsp3) is 0.308. The van der Waals surface area contributed by atoms with Crippen LogP contribution < -0.4 is 0 Å². The Morgan fingerprint density at radius 2 is 2.12 bits per heavy atom. The number of H-pyrrole nitrogens is 1. The minimum Gasteiger partial charge on any atom is -0.478 e. The molecule has 0 amide bonds. The number of hydrogen-bond donors (Lipinski definition) is 2. The Hall–Kier alpha value is -1.48. The van der Waals surface area contributed by atoms with Crippen LogP contribution in [0.5, 0.6) is 0 Å². The summed E-state index contributed by atoms with van der Waals surface area (Å²) in [6, 6.07) is 5.08. The highest BCUT2D eigenvalue weighted by molar-refractivity contribution is 6.35. The van der Waals surface area contributed by atoms with Crippen LogP contribution in [0.4, 0.5) is 0 Å². The van der Waals surface area contributed by atoms with Crippen molar-refractivity contribution in [3.63, 3.8) is 0 Å². The summed E-state index contributed by atoms with van der Waals surface area (Å²) in [5.41, 5.74) is 2.12. The molecular formula is C13H14ClNO2. The number of aromatic amines is 1. The highest BCUT2D eigenvalue weighted by atomic mass is 35.5. The van der Waals surface area contributed by atoms with Gasteiger partial charge in [0.05, 0.1) is 16.1 Å². The van der Waals surface area contributed by atoms with Crippen molar-refractivity contribution in [2.45, 2.75) is 20.3 Å². The molecule has 0 fully saturated rings. The summed E-state index contributed by atoms with van der Waals surface area (Å²) in [6.45, 7) is 4.27. The first-order valence-corrected chi connectivity index (χ1v) is 5.89. The Labute approximate surface area is 104 Å². The number of carbonyl (C=O) groups is 1. The number of aromatic carboxylic acids is 1. The predicted molar refractivity (Wildman–Crippen MR) is 68.8 cm³/mol. The number of halogens is 1. The Morgan fingerprint density at radius 1 is 1.41 bits per heavy atom. The summed E-state index contributed by atoms with van der Waals surface area (Å²) < 4.78 is 0. The number of fused-ring (bicyclic) bond motifs is 1. The number of hydrogen-bond acceptors (Lipinski definition) is 1. The van der Waals surface area contributed by atoms with E-state index in [4.69, 9.17) is 16.7 Å². The van der Waals surface area contributed by atoms with E-state index in [-0.39, 0.29) is 5.56 Å². The first-order chi connectivity index (χ1) is 7.97. The molecule has 0 bridgehead atoms. The fourth-order valence-corrected chi connectivity index (χ4v) is 2.21. The van der Waals surface area contributed by atoms with Crippen LogP contribution in [0, 0.1) is 5.92 Å². The van der Waals surface area contributed by atoms with E-state index in [0.717, 1.165) is 23.0 Å². The zero-order valence-corrected chi connectivity index (χ0v) is 10.5. The van der Waals surface area contributed by atoms with Gasteiger partial charge >= 0.3 is 5.97 Å². The molecule has 0 saturated heterocycles. The third kappa shape index (κ3) is 2.44. The molecule has 1 aromatic heterocycles. The maximum absolute atomic E-state index is 10.9. The fourth-order valence-electron chi connectivity index (χ4n) is 1.93. The Morgan fingerprint density at radius 3 is 2.71 bits per heavy atom. The number of benzene rings is 1. The number of rotatable bonds is 3.